The largest absolute Gasteiger partial charge is 0.450 e. The highest BCUT2D eigenvalue weighted by molar-refractivity contribution is 6.46. The van der Waals surface area contributed by atoms with E-state index in [-0.39, 0.29) is 5.41 Å². The molecule has 1 radical (unpaired) electrons. The lowest BCUT2D eigenvalue weighted by atomic mass is 9.72. The lowest BCUT2D eigenvalue weighted by Gasteiger charge is -2.35. The minimum Gasteiger partial charge on any atom is -0.450 e. The van der Waals surface area contributed by atoms with E-state index in [4.69, 9.17) is 0 Å². The summed E-state index contributed by atoms with van der Waals surface area (Å²) in [5.74, 6) is 0. The van der Waals surface area contributed by atoms with Gasteiger partial charge in [-0.3, -0.25) is 4.98 Å². The zero-order valence-corrected chi connectivity index (χ0v) is 13.6. The third kappa shape index (κ3) is 1.54. The summed E-state index contributed by atoms with van der Waals surface area (Å²) in [6.45, 7) is 4.50. The molecule has 0 atom stereocenters. The molecule has 3 heterocycles. The molecule has 0 fully saturated rings. The molecule has 2 aromatic heterocycles. The molecule has 0 saturated heterocycles. The van der Waals surface area contributed by atoms with Crippen molar-refractivity contribution in [2.75, 3.05) is 0 Å². The van der Waals surface area contributed by atoms with Gasteiger partial charge in [0.1, 0.15) is 0 Å². The van der Waals surface area contributed by atoms with Crippen LogP contribution in [0.5, 0.6) is 0 Å². The number of rotatable bonds is 1. The van der Waals surface area contributed by atoms with Gasteiger partial charge in [-0.15, -0.1) is 0 Å². The van der Waals surface area contributed by atoms with Crippen LogP contribution in [0.15, 0.2) is 54.9 Å². The Morgan fingerprint density at radius 3 is 2.71 bits per heavy atom. The Morgan fingerprint density at radius 1 is 1.04 bits per heavy atom. The molecular weight excluding hydrogens is 295 g/mol. The Morgan fingerprint density at radius 2 is 1.88 bits per heavy atom. The van der Waals surface area contributed by atoms with E-state index in [1.807, 2.05) is 18.5 Å². The summed E-state index contributed by atoms with van der Waals surface area (Å²) in [7, 11) is 1.19. The van der Waals surface area contributed by atoms with E-state index in [0.717, 1.165) is 21.8 Å². The topological polar surface area (TPSA) is 38.0 Å². The summed E-state index contributed by atoms with van der Waals surface area (Å²) in [5, 5.41) is 11.9. The van der Waals surface area contributed by atoms with Crippen LogP contribution < -0.4 is 5.46 Å². The van der Waals surface area contributed by atoms with Crippen LogP contribution in [0, 0.1) is 0 Å². The second-order valence-corrected chi connectivity index (χ2v) is 6.96. The van der Waals surface area contributed by atoms with E-state index in [2.05, 4.69) is 59.8 Å². The SMILES string of the molecule is CC1(C)c2ccccc2-n2c3ccncc3c3cc([B]O)cc1c32. The molecule has 1 N–H and O–H groups in total. The van der Waals surface area contributed by atoms with Crippen LogP contribution in [0.3, 0.4) is 0 Å². The first kappa shape index (κ1) is 13.8. The molecule has 0 aliphatic carbocycles. The van der Waals surface area contributed by atoms with E-state index < -0.39 is 0 Å². The standard InChI is InChI=1S/C20H16BN2O/c1-20(2)15-5-3-4-6-18(15)23-17-7-8-22-11-14(17)13-9-12(21-24)10-16(20)19(13)23/h3-11,24H,1-2H3. The molecule has 0 bridgehead atoms. The highest BCUT2D eigenvalue weighted by Crippen LogP contribution is 2.46. The molecule has 1 aliphatic heterocycles. The first-order valence-corrected chi connectivity index (χ1v) is 8.13. The number of aromatic nitrogens is 2. The molecule has 4 heteroatoms. The van der Waals surface area contributed by atoms with Crippen molar-refractivity contribution in [3.05, 3.63) is 66.0 Å². The summed E-state index contributed by atoms with van der Waals surface area (Å²) in [4.78, 5) is 4.32. The van der Waals surface area contributed by atoms with E-state index >= 15 is 0 Å². The maximum absolute atomic E-state index is 9.63. The Bertz CT molecular complexity index is 1130. The minimum atomic E-state index is -0.133. The highest BCUT2D eigenvalue weighted by atomic mass is 16.2. The Balaban J connectivity index is 2.12. The van der Waals surface area contributed by atoms with Crippen molar-refractivity contribution >= 4 is 34.8 Å². The normalized spacial score (nSPS) is 14.8. The van der Waals surface area contributed by atoms with E-state index in [1.54, 1.807) is 0 Å². The van der Waals surface area contributed by atoms with Gasteiger partial charge >= 0.3 is 7.48 Å². The zero-order chi connectivity index (χ0) is 16.5. The molecule has 0 spiro atoms. The van der Waals surface area contributed by atoms with Crippen molar-refractivity contribution in [1.29, 1.82) is 0 Å². The summed E-state index contributed by atoms with van der Waals surface area (Å²) >= 11 is 0. The van der Waals surface area contributed by atoms with Crippen molar-refractivity contribution in [3.8, 4) is 5.69 Å². The summed E-state index contributed by atoms with van der Waals surface area (Å²) in [5.41, 5.74) is 6.81. The van der Waals surface area contributed by atoms with E-state index in [9.17, 15) is 5.02 Å². The molecule has 2 aromatic carbocycles. The van der Waals surface area contributed by atoms with Crippen molar-refractivity contribution in [2.24, 2.45) is 0 Å². The Hall–Kier alpha value is -2.59. The number of hydrogen-bond donors (Lipinski definition) is 1. The van der Waals surface area contributed by atoms with E-state index in [0.29, 0.717) is 0 Å². The first-order valence-electron chi connectivity index (χ1n) is 8.13. The van der Waals surface area contributed by atoms with E-state index in [1.165, 1.54) is 29.8 Å². The Labute approximate surface area is 140 Å². The third-order valence-electron chi connectivity index (χ3n) is 5.33. The number of pyridine rings is 1. The number of fused-ring (bicyclic) bond motifs is 5. The number of hydrogen-bond acceptors (Lipinski definition) is 2. The van der Waals surface area contributed by atoms with Crippen molar-refractivity contribution in [1.82, 2.24) is 9.55 Å². The number of para-hydroxylation sites is 1. The summed E-state index contributed by atoms with van der Waals surface area (Å²) in [6.07, 6.45) is 3.76. The van der Waals surface area contributed by atoms with Gasteiger partial charge in [-0.05, 0) is 23.3 Å². The molecular formula is C20H16BN2O. The van der Waals surface area contributed by atoms with Gasteiger partial charge in [0, 0.05) is 28.6 Å². The zero-order valence-electron chi connectivity index (χ0n) is 13.6. The maximum atomic E-state index is 9.63. The maximum Gasteiger partial charge on any atom is 0.326 e. The number of benzene rings is 2. The molecule has 0 unspecified atom stereocenters. The lowest BCUT2D eigenvalue weighted by Crippen LogP contribution is -2.28. The lowest BCUT2D eigenvalue weighted by molar-refractivity contribution is 0.614. The molecule has 0 amide bonds. The van der Waals surface area contributed by atoms with Crippen LogP contribution in [-0.4, -0.2) is 22.1 Å². The van der Waals surface area contributed by atoms with Gasteiger partial charge in [0.05, 0.1) is 16.7 Å². The summed E-state index contributed by atoms with van der Waals surface area (Å²) < 4.78 is 2.34. The van der Waals surface area contributed by atoms with Crippen LogP contribution in [-0.2, 0) is 5.41 Å². The molecule has 4 aromatic rings. The molecule has 0 saturated carbocycles. The van der Waals surface area contributed by atoms with Gasteiger partial charge < -0.3 is 9.59 Å². The van der Waals surface area contributed by atoms with Gasteiger partial charge in [0.15, 0.2) is 0 Å². The predicted molar refractivity (Wildman–Crippen MR) is 98.3 cm³/mol. The first-order chi connectivity index (χ1) is 11.6. The second kappa shape index (κ2) is 4.49. The quantitative estimate of drug-likeness (QED) is 0.549. The van der Waals surface area contributed by atoms with Crippen molar-refractivity contribution < 1.29 is 5.02 Å². The fraction of sp³-hybridized carbons (Fsp3) is 0.150. The monoisotopic (exact) mass is 311 g/mol. The van der Waals surface area contributed by atoms with Crippen LogP contribution >= 0.6 is 0 Å². The van der Waals surface area contributed by atoms with Crippen molar-refractivity contribution in [3.63, 3.8) is 0 Å². The Kier molecular flexibility index (Phi) is 2.58. The van der Waals surface area contributed by atoms with Gasteiger partial charge in [0.2, 0.25) is 0 Å². The van der Waals surface area contributed by atoms with Crippen LogP contribution in [0.4, 0.5) is 0 Å². The van der Waals surface area contributed by atoms with Crippen LogP contribution in [0.1, 0.15) is 25.0 Å². The van der Waals surface area contributed by atoms with Gasteiger partial charge in [-0.2, -0.15) is 0 Å². The number of nitrogens with zero attached hydrogens (tertiary/aromatic N) is 2. The van der Waals surface area contributed by atoms with Crippen LogP contribution in [0.25, 0.3) is 27.5 Å². The predicted octanol–water partition coefficient (Wildman–Crippen LogP) is 3.05. The smallest absolute Gasteiger partial charge is 0.326 e. The molecule has 115 valence electrons. The highest BCUT2D eigenvalue weighted by Gasteiger charge is 2.35. The average Bonchev–Trinajstić information content (AvgIpc) is 2.94. The molecule has 5 rings (SSSR count). The molecule has 3 nitrogen and oxygen atoms in total. The third-order valence-corrected chi connectivity index (χ3v) is 5.33. The average molecular weight is 311 g/mol. The summed E-state index contributed by atoms with van der Waals surface area (Å²) in [6, 6.07) is 14.8. The second-order valence-electron chi connectivity index (χ2n) is 6.96. The minimum absolute atomic E-state index is 0.133. The molecule has 24 heavy (non-hydrogen) atoms. The molecule has 1 aliphatic rings. The fourth-order valence-corrected chi connectivity index (χ4v) is 4.16. The van der Waals surface area contributed by atoms with Crippen LogP contribution in [0.2, 0.25) is 0 Å². The van der Waals surface area contributed by atoms with Gasteiger partial charge in [-0.25, -0.2) is 0 Å². The van der Waals surface area contributed by atoms with Gasteiger partial charge in [-0.1, -0.05) is 49.6 Å². The van der Waals surface area contributed by atoms with Crippen molar-refractivity contribution in [2.45, 2.75) is 19.3 Å². The van der Waals surface area contributed by atoms with Gasteiger partial charge in [0.25, 0.3) is 0 Å². The fourth-order valence-electron chi connectivity index (χ4n) is 4.16.